The summed E-state index contributed by atoms with van der Waals surface area (Å²) in [5.74, 6) is -1.46. The van der Waals surface area contributed by atoms with Crippen LogP contribution in [-0.2, 0) is 10.0 Å². The predicted octanol–water partition coefficient (Wildman–Crippen LogP) is 6.24. The number of aromatic hydroxyl groups is 1. The molecular formula is C24H29N4O5SSn. The minimum Gasteiger partial charge on any atom is -0.507 e. The summed E-state index contributed by atoms with van der Waals surface area (Å²) in [6, 6.07) is 14.3. The van der Waals surface area contributed by atoms with E-state index in [9.17, 15) is 18.3 Å². The molecule has 3 N–H and O–H groups in total. The first kappa shape index (κ1) is 28.2. The maximum Gasteiger partial charge on any atom is 0.339 e. The summed E-state index contributed by atoms with van der Waals surface area (Å²) in [7, 11) is -3.79. The number of anilines is 1. The molecule has 11 heteroatoms. The van der Waals surface area contributed by atoms with Crippen molar-refractivity contribution >= 4 is 52.9 Å². The number of hydrogen-bond donors (Lipinski definition) is 3. The molecule has 0 spiro atoms. The van der Waals surface area contributed by atoms with E-state index in [1.165, 1.54) is 54.7 Å². The Morgan fingerprint density at radius 1 is 0.943 bits per heavy atom. The van der Waals surface area contributed by atoms with Crippen molar-refractivity contribution in [3.05, 3.63) is 72.4 Å². The van der Waals surface area contributed by atoms with Gasteiger partial charge in [-0.3, -0.25) is 4.72 Å². The van der Waals surface area contributed by atoms with Gasteiger partial charge in [-0.05, 0) is 54.6 Å². The number of azo groups is 1. The van der Waals surface area contributed by atoms with Crippen LogP contribution in [0.1, 0.15) is 31.1 Å². The fourth-order valence-electron chi connectivity index (χ4n) is 2.93. The van der Waals surface area contributed by atoms with Gasteiger partial charge >= 0.3 is 59.8 Å². The Morgan fingerprint density at radius 3 is 2.06 bits per heavy atom. The Labute approximate surface area is 212 Å². The third-order valence-corrected chi connectivity index (χ3v) is 15.0. The summed E-state index contributed by atoms with van der Waals surface area (Å²) in [4.78, 5) is 14.9. The summed E-state index contributed by atoms with van der Waals surface area (Å²) in [6.45, 7) is 7.05. The molecule has 2 aromatic carbocycles. The van der Waals surface area contributed by atoms with Crippen LogP contribution in [0.25, 0.3) is 0 Å². The zero-order valence-corrected chi connectivity index (χ0v) is 23.5. The zero-order valence-electron chi connectivity index (χ0n) is 19.8. The van der Waals surface area contributed by atoms with E-state index in [2.05, 4.69) is 40.7 Å². The summed E-state index contributed by atoms with van der Waals surface area (Å²) in [5, 5.41) is 26.3. The van der Waals surface area contributed by atoms with Gasteiger partial charge in [0.2, 0.25) is 0 Å². The molecule has 0 bridgehead atoms. The molecule has 0 aliphatic heterocycles. The maximum atomic E-state index is 12.3. The number of aromatic carboxylic acids is 1. The number of sulfonamides is 1. The van der Waals surface area contributed by atoms with Gasteiger partial charge in [-0.2, -0.15) is 10.2 Å². The average molecular weight is 604 g/mol. The van der Waals surface area contributed by atoms with Gasteiger partial charge in [0.05, 0.1) is 16.3 Å². The second-order valence-electron chi connectivity index (χ2n) is 7.33. The van der Waals surface area contributed by atoms with Gasteiger partial charge in [0, 0.05) is 6.20 Å². The van der Waals surface area contributed by atoms with Gasteiger partial charge < -0.3 is 10.2 Å². The maximum absolute atomic E-state index is 12.3. The van der Waals surface area contributed by atoms with E-state index in [4.69, 9.17) is 5.11 Å². The molecule has 0 aliphatic carbocycles. The summed E-state index contributed by atoms with van der Waals surface area (Å²) >= 11 is -0.653. The molecule has 0 saturated carbocycles. The molecule has 9 nitrogen and oxygen atoms in total. The molecule has 0 saturated heterocycles. The Balaban J connectivity index is 0.000000540. The van der Waals surface area contributed by atoms with Crippen LogP contribution in [0.4, 0.5) is 17.2 Å². The summed E-state index contributed by atoms with van der Waals surface area (Å²) in [6.07, 6.45) is 1.47. The second kappa shape index (κ2) is 13.8. The van der Waals surface area contributed by atoms with E-state index < -0.39 is 35.8 Å². The van der Waals surface area contributed by atoms with E-state index in [0.717, 1.165) is 0 Å². The Morgan fingerprint density at radius 2 is 1.54 bits per heavy atom. The summed E-state index contributed by atoms with van der Waals surface area (Å²) < 4.78 is 31.7. The van der Waals surface area contributed by atoms with Crippen molar-refractivity contribution in [1.82, 2.24) is 4.98 Å². The number of pyridine rings is 1. The fourth-order valence-corrected chi connectivity index (χ4v) is 8.22. The molecule has 185 valence electrons. The largest absolute Gasteiger partial charge is 0.507 e. The van der Waals surface area contributed by atoms with Crippen LogP contribution in [0.5, 0.6) is 5.75 Å². The first-order valence-electron chi connectivity index (χ1n) is 11.1. The third kappa shape index (κ3) is 8.95. The molecule has 1 radical (unpaired) electrons. The molecule has 0 unspecified atom stereocenters. The van der Waals surface area contributed by atoms with Gasteiger partial charge in [-0.1, -0.05) is 6.07 Å². The van der Waals surface area contributed by atoms with Crippen molar-refractivity contribution < 1.29 is 23.4 Å². The molecule has 0 amide bonds. The first-order valence-corrected chi connectivity index (χ1v) is 18.6. The van der Waals surface area contributed by atoms with Crippen LogP contribution in [-0.4, -0.2) is 49.3 Å². The van der Waals surface area contributed by atoms with E-state index in [0.29, 0.717) is 5.69 Å². The molecular weight excluding hydrogens is 575 g/mol. The van der Waals surface area contributed by atoms with Gasteiger partial charge in [-0.25, -0.2) is 18.2 Å². The molecule has 0 atom stereocenters. The smallest absolute Gasteiger partial charge is 0.339 e. The molecule has 35 heavy (non-hydrogen) atoms. The van der Waals surface area contributed by atoms with Crippen LogP contribution in [0.15, 0.2) is 82.0 Å². The molecule has 3 rings (SSSR count). The standard InChI is InChI=1S/C18H14N4O5S.3C2H5.Sn/c23-16-9-6-13(11-15(16)18(24)25)21-20-12-4-7-14(8-5-12)28(26,27)22-17-3-1-2-10-19-17;3*1-2;/h1-11,23H,(H,19,22)(H,24,25);3*1H2,2H3;. The van der Waals surface area contributed by atoms with Crippen LogP contribution >= 0.6 is 0 Å². The predicted molar refractivity (Wildman–Crippen MR) is 138 cm³/mol. The Bertz CT molecular complexity index is 1230. The third-order valence-electron chi connectivity index (χ3n) is 5.04. The van der Waals surface area contributed by atoms with Crippen molar-refractivity contribution in [3.63, 3.8) is 0 Å². The van der Waals surface area contributed by atoms with Gasteiger partial charge in [-0.15, -0.1) is 0 Å². The van der Waals surface area contributed by atoms with Crippen molar-refractivity contribution in [2.45, 2.75) is 39.0 Å². The number of carboxylic acid groups (broad SMARTS) is 1. The topological polar surface area (TPSA) is 141 Å². The van der Waals surface area contributed by atoms with Gasteiger partial charge in [0.1, 0.15) is 17.1 Å². The number of carbonyl (C=O) groups is 1. The molecule has 0 fully saturated rings. The number of aromatic nitrogens is 1. The normalized spacial score (nSPS) is 11.2. The van der Waals surface area contributed by atoms with Gasteiger partial charge in [0.25, 0.3) is 10.0 Å². The van der Waals surface area contributed by atoms with Crippen LogP contribution in [0.2, 0.25) is 13.3 Å². The number of carboxylic acids is 1. The monoisotopic (exact) mass is 605 g/mol. The quantitative estimate of drug-likeness (QED) is 0.195. The minimum atomic E-state index is -3.79. The Hall–Kier alpha value is -2.99. The SMILES string of the molecule is C[CH2][Sn]([CH2]C)[CH2]C.O=C(O)c1cc(N=Nc2ccc(S(=O)(=O)Nc3ccccn3)cc2)ccc1O. The van der Waals surface area contributed by atoms with E-state index in [1.54, 1.807) is 25.4 Å². The van der Waals surface area contributed by atoms with Crippen molar-refractivity contribution in [2.24, 2.45) is 10.2 Å². The van der Waals surface area contributed by atoms with Crippen molar-refractivity contribution in [1.29, 1.82) is 0 Å². The van der Waals surface area contributed by atoms with E-state index in [-0.39, 0.29) is 27.7 Å². The van der Waals surface area contributed by atoms with E-state index in [1.807, 2.05) is 0 Å². The fraction of sp³-hybridized carbons (Fsp3) is 0.250. The molecule has 1 heterocycles. The molecule has 0 aliphatic rings. The summed E-state index contributed by atoms with van der Waals surface area (Å²) in [5.41, 5.74) is 0.295. The number of nitrogens with zero attached hydrogens (tertiary/aromatic N) is 3. The number of benzene rings is 2. The molecule has 3 aromatic rings. The second-order valence-corrected chi connectivity index (χ2v) is 19.3. The average Bonchev–Trinajstić information content (AvgIpc) is 2.85. The first-order chi connectivity index (χ1) is 16.7. The van der Waals surface area contributed by atoms with Crippen LogP contribution < -0.4 is 4.72 Å². The Kier molecular flexibility index (Phi) is 11.1. The minimum absolute atomic E-state index is 0.0231. The van der Waals surface area contributed by atoms with Crippen molar-refractivity contribution in [3.8, 4) is 5.75 Å². The van der Waals surface area contributed by atoms with Crippen LogP contribution in [0, 0.1) is 0 Å². The number of phenols is 1. The number of rotatable bonds is 9. The van der Waals surface area contributed by atoms with Gasteiger partial charge in [0.15, 0.2) is 0 Å². The number of nitrogens with one attached hydrogen (secondary N) is 1. The van der Waals surface area contributed by atoms with Crippen LogP contribution in [0.3, 0.4) is 0 Å². The van der Waals surface area contributed by atoms with E-state index >= 15 is 0 Å². The molecule has 1 aromatic heterocycles. The van der Waals surface area contributed by atoms with Crippen molar-refractivity contribution in [2.75, 3.05) is 4.72 Å². The number of hydrogen-bond acceptors (Lipinski definition) is 7. The zero-order chi connectivity index (χ0) is 25.8.